The third kappa shape index (κ3) is 2.93. The van der Waals surface area contributed by atoms with Crippen LogP contribution in [0.15, 0.2) is 24.0 Å². The molecule has 3 rings (SSSR count). The van der Waals surface area contributed by atoms with Gasteiger partial charge in [0.15, 0.2) is 0 Å². The lowest BCUT2D eigenvalue weighted by Gasteiger charge is -2.34. The molecule has 1 aliphatic heterocycles. The number of piperidine rings is 1. The van der Waals surface area contributed by atoms with Gasteiger partial charge in [-0.3, -0.25) is 14.8 Å². The number of hydrogen-bond donors (Lipinski definition) is 1. The first kappa shape index (κ1) is 14.1. The number of rotatable bonds is 3. The van der Waals surface area contributed by atoms with Crippen molar-refractivity contribution in [1.82, 2.24) is 19.9 Å². The van der Waals surface area contributed by atoms with Crippen molar-refractivity contribution in [2.24, 2.45) is 5.73 Å². The molecule has 0 bridgehead atoms. The molecule has 6 nitrogen and oxygen atoms in total. The third-order valence-electron chi connectivity index (χ3n) is 3.67. The lowest BCUT2D eigenvalue weighted by molar-refractivity contribution is 0.0618. The summed E-state index contributed by atoms with van der Waals surface area (Å²) in [6.07, 6.45) is 8.02. The van der Waals surface area contributed by atoms with E-state index in [0.717, 1.165) is 25.8 Å². The Balaban J connectivity index is 1.81. The Morgan fingerprint density at radius 1 is 1.43 bits per heavy atom. The van der Waals surface area contributed by atoms with Gasteiger partial charge in [-0.1, -0.05) is 0 Å². The lowest BCUT2D eigenvalue weighted by Crippen LogP contribution is -2.47. The van der Waals surface area contributed by atoms with Gasteiger partial charge in [0.2, 0.25) is 0 Å². The topological polar surface area (TPSA) is 85.0 Å². The van der Waals surface area contributed by atoms with Gasteiger partial charge in [0.05, 0.1) is 6.20 Å². The van der Waals surface area contributed by atoms with Gasteiger partial charge in [-0.15, -0.1) is 11.3 Å². The minimum absolute atomic E-state index is 0.0310. The van der Waals surface area contributed by atoms with E-state index in [2.05, 4.69) is 15.0 Å². The number of hydrogen-bond acceptors (Lipinski definition) is 6. The lowest BCUT2D eigenvalue weighted by atomic mass is 10.0. The maximum atomic E-state index is 12.6. The molecule has 1 unspecified atom stereocenters. The van der Waals surface area contributed by atoms with Gasteiger partial charge in [-0.05, 0) is 19.3 Å². The summed E-state index contributed by atoms with van der Waals surface area (Å²) in [5.74, 6) is -0.0310. The highest BCUT2D eigenvalue weighted by molar-refractivity contribution is 7.13. The number of nitrogens with zero attached hydrogens (tertiary/aromatic N) is 4. The highest BCUT2D eigenvalue weighted by atomic mass is 32.1. The summed E-state index contributed by atoms with van der Waals surface area (Å²) in [5.41, 5.74) is 6.94. The van der Waals surface area contributed by atoms with Crippen molar-refractivity contribution < 1.29 is 4.79 Å². The second-order valence-electron chi connectivity index (χ2n) is 5.01. The molecule has 1 amide bonds. The Kier molecular flexibility index (Phi) is 4.21. The van der Waals surface area contributed by atoms with E-state index >= 15 is 0 Å². The zero-order chi connectivity index (χ0) is 14.7. The van der Waals surface area contributed by atoms with Crippen molar-refractivity contribution in [3.8, 4) is 10.7 Å². The summed E-state index contributed by atoms with van der Waals surface area (Å²) >= 11 is 1.41. The highest BCUT2D eigenvalue weighted by Gasteiger charge is 2.27. The number of thiazole rings is 1. The summed E-state index contributed by atoms with van der Waals surface area (Å²) in [7, 11) is 0. The fourth-order valence-corrected chi connectivity index (χ4v) is 3.31. The maximum absolute atomic E-state index is 12.6. The molecule has 0 spiro atoms. The van der Waals surface area contributed by atoms with E-state index in [-0.39, 0.29) is 11.9 Å². The molecule has 0 saturated carbocycles. The van der Waals surface area contributed by atoms with Crippen molar-refractivity contribution >= 4 is 17.2 Å². The van der Waals surface area contributed by atoms with Gasteiger partial charge >= 0.3 is 0 Å². The van der Waals surface area contributed by atoms with Crippen molar-refractivity contribution in [2.75, 3.05) is 13.1 Å². The summed E-state index contributed by atoms with van der Waals surface area (Å²) in [6.45, 7) is 1.27. The predicted octanol–water partition coefficient (Wildman–Crippen LogP) is 1.55. The Morgan fingerprint density at radius 3 is 3.10 bits per heavy atom. The molecule has 1 aliphatic rings. The van der Waals surface area contributed by atoms with Crippen molar-refractivity contribution in [3.05, 3.63) is 29.7 Å². The molecule has 7 heteroatoms. The van der Waals surface area contributed by atoms with Gasteiger partial charge in [-0.25, -0.2) is 4.98 Å². The number of carbonyl (C=O) groups excluding carboxylic acids is 1. The minimum Gasteiger partial charge on any atom is -0.333 e. The van der Waals surface area contributed by atoms with E-state index in [1.165, 1.54) is 11.3 Å². The normalized spacial score (nSPS) is 18.7. The van der Waals surface area contributed by atoms with Crippen LogP contribution < -0.4 is 5.73 Å². The summed E-state index contributed by atoms with van der Waals surface area (Å²) in [5, 5.41) is 2.50. The quantitative estimate of drug-likeness (QED) is 0.930. The zero-order valence-corrected chi connectivity index (χ0v) is 12.4. The van der Waals surface area contributed by atoms with Gasteiger partial charge in [0.1, 0.15) is 16.4 Å². The van der Waals surface area contributed by atoms with Crippen LogP contribution in [0.25, 0.3) is 10.7 Å². The number of aromatic nitrogens is 3. The number of nitrogens with two attached hydrogens (primary N) is 1. The molecule has 1 saturated heterocycles. The number of amides is 1. The van der Waals surface area contributed by atoms with Crippen LogP contribution in [0.2, 0.25) is 0 Å². The molecule has 0 aliphatic carbocycles. The number of likely N-dealkylation sites (tertiary alicyclic amines) is 1. The monoisotopic (exact) mass is 303 g/mol. The second kappa shape index (κ2) is 6.28. The number of carbonyl (C=O) groups is 1. The van der Waals surface area contributed by atoms with Crippen molar-refractivity contribution in [2.45, 2.75) is 25.3 Å². The summed E-state index contributed by atoms with van der Waals surface area (Å²) in [4.78, 5) is 27.1. The average Bonchev–Trinajstić information content (AvgIpc) is 3.05. The summed E-state index contributed by atoms with van der Waals surface area (Å²) in [6, 6.07) is 0.132. The molecule has 110 valence electrons. The third-order valence-corrected chi connectivity index (χ3v) is 4.53. The second-order valence-corrected chi connectivity index (χ2v) is 5.87. The van der Waals surface area contributed by atoms with E-state index in [1.54, 1.807) is 24.0 Å². The highest BCUT2D eigenvalue weighted by Crippen LogP contribution is 2.24. The molecule has 0 aromatic carbocycles. The Labute approximate surface area is 127 Å². The first-order valence-corrected chi connectivity index (χ1v) is 7.90. The smallest absolute Gasteiger partial charge is 0.273 e. The molecule has 0 radical (unpaired) electrons. The standard InChI is InChI=1S/C14H17N5OS/c15-7-10-3-1-2-6-19(10)14(20)12-9-21-13(18-12)11-8-16-4-5-17-11/h4-5,8-10H,1-3,6-7,15H2. The first-order valence-electron chi connectivity index (χ1n) is 7.02. The van der Waals surface area contributed by atoms with Gasteiger partial charge in [0, 0.05) is 36.9 Å². The van der Waals surface area contributed by atoms with E-state index in [0.29, 0.717) is 22.9 Å². The van der Waals surface area contributed by atoms with E-state index < -0.39 is 0 Å². The largest absolute Gasteiger partial charge is 0.333 e. The molecule has 1 atom stereocenters. The SMILES string of the molecule is NCC1CCCCN1C(=O)c1csc(-c2cnccn2)n1. The molecule has 2 aromatic rings. The Morgan fingerprint density at radius 2 is 2.33 bits per heavy atom. The van der Waals surface area contributed by atoms with Crippen LogP contribution in [0, 0.1) is 0 Å². The maximum Gasteiger partial charge on any atom is 0.273 e. The molecule has 2 N–H and O–H groups in total. The molecular formula is C14H17N5OS. The summed E-state index contributed by atoms with van der Waals surface area (Å²) < 4.78 is 0. The van der Waals surface area contributed by atoms with Gasteiger partial charge in [0.25, 0.3) is 5.91 Å². The van der Waals surface area contributed by atoms with Crippen LogP contribution in [0.1, 0.15) is 29.8 Å². The zero-order valence-electron chi connectivity index (χ0n) is 11.6. The minimum atomic E-state index is -0.0310. The van der Waals surface area contributed by atoms with E-state index in [1.807, 2.05) is 4.90 Å². The molecule has 3 heterocycles. The first-order chi connectivity index (χ1) is 10.3. The van der Waals surface area contributed by atoms with Crippen LogP contribution >= 0.6 is 11.3 Å². The van der Waals surface area contributed by atoms with E-state index in [9.17, 15) is 4.79 Å². The van der Waals surface area contributed by atoms with Gasteiger partial charge in [-0.2, -0.15) is 0 Å². The fraction of sp³-hybridized carbons (Fsp3) is 0.429. The van der Waals surface area contributed by atoms with Crippen LogP contribution in [-0.4, -0.2) is 44.9 Å². The average molecular weight is 303 g/mol. The van der Waals surface area contributed by atoms with Crippen molar-refractivity contribution in [3.63, 3.8) is 0 Å². The van der Waals surface area contributed by atoms with Gasteiger partial charge < -0.3 is 10.6 Å². The van der Waals surface area contributed by atoms with Crippen LogP contribution in [0.3, 0.4) is 0 Å². The Bertz CT molecular complexity index is 615. The molecule has 2 aromatic heterocycles. The molecule has 1 fully saturated rings. The Hall–Kier alpha value is -1.86. The fourth-order valence-electron chi connectivity index (χ4n) is 2.56. The van der Waals surface area contributed by atoms with Crippen LogP contribution in [0.5, 0.6) is 0 Å². The predicted molar refractivity (Wildman–Crippen MR) is 80.9 cm³/mol. The molecular weight excluding hydrogens is 286 g/mol. The van der Waals surface area contributed by atoms with E-state index in [4.69, 9.17) is 5.73 Å². The van der Waals surface area contributed by atoms with Crippen LogP contribution in [0.4, 0.5) is 0 Å². The van der Waals surface area contributed by atoms with Crippen molar-refractivity contribution in [1.29, 1.82) is 0 Å². The van der Waals surface area contributed by atoms with Crippen LogP contribution in [-0.2, 0) is 0 Å². The molecule has 21 heavy (non-hydrogen) atoms.